The van der Waals surface area contributed by atoms with E-state index in [1.807, 2.05) is 33.3 Å². The van der Waals surface area contributed by atoms with Crippen LogP contribution in [0, 0.1) is 0 Å². The predicted molar refractivity (Wildman–Crippen MR) is 314 cm³/mol. The quantitative estimate of drug-likeness (QED) is 0.0205. The van der Waals surface area contributed by atoms with E-state index in [1.165, 1.54) is 205 Å². The van der Waals surface area contributed by atoms with Gasteiger partial charge in [-0.15, -0.1) is 0 Å². The molecule has 0 fully saturated rings. The van der Waals surface area contributed by atoms with Crippen LogP contribution in [0.5, 0.6) is 0 Å². The standard InChI is InChI=1S/C63H121N2O7P/c1-7-10-13-16-19-22-25-27-28-29-30-31-32-33-34-35-36-38-41-44-47-50-53-56-63(67)72-61(54-51-48-45-42-39-24-21-18-15-12-9-3)60(59-71-73(68,69)70-58-57-65(4,5)6)64-62(66)55-52-49-46-43-40-37-26-23-20-17-14-11-8-2/h19,22,27-28,51,54,60-61H,7-18,20-21,23-26,29-50,52-53,55-59H2,1-6H3,(H-,64,66,68,69)/p+1/b22-19-,28-27-,54-51+. The fraction of sp³-hybridized carbons (Fsp3) is 0.873. The highest BCUT2D eigenvalue weighted by Gasteiger charge is 2.30. The number of ether oxygens (including phenoxy) is 1. The van der Waals surface area contributed by atoms with Gasteiger partial charge in [0.05, 0.1) is 33.8 Å². The third-order valence-corrected chi connectivity index (χ3v) is 15.1. The number of carbonyl (C=O) groups is 2. The van der Waals surface area contributed by atoms with E-state index in [0.29, 0.717) is 23.9 Å². The highest BCUT2D eigenvalue weighted by molar-refractivity contribution is 7.47. The molecule has 0 spiro atoms. The van der Waals surface area contributed by atoms with Gasteiger partial charge in [0.25, 0.3) is 0 Å². The molecule has 3 unspecified atom stereocenters. The van der Waals surface area contributed by atoms with Gasteiger partial charge in [0.15, 0.2) is 0 Å². The molecule has 0 aliphatic rings. The number of esters is 1. The first-order valence-corrected chi connectivity index (χ1v) is 32.8. The summed E-state index contributed by atoms with van der Waals surface area (Å²) in [5.74, 6) is -0.493. The zero-order valence-corrected chi connectivity index (χ0v) is 50.0. The summed E-state index contributed by atoms with van der Waals surface area (Å²) < 4.78 is 30.7. The molecule has 73 heavy (non-hydrogen) atoms. The van der Waals surface area contributed by atoms with E-state index in [1.54, 1.807) is 0 Å². The number of nitrogens with one attached hydrogen (secondary N) is 1. The summed E-state index contributed by atoms with van der Waals surface area (Å²) in [6, 6.07) is -0.842. The number of unbranched alkanes of at least 4 members (excludes halogenated alkanes) is 37. The van der Waals surface area contributed by atoms with Crippen molar-refractivity contribution >= 4 is 19.7 Å². The highest BCUT2D eigenvalue weighted by Crippen LogP contribution is 2.43. The molecule has 1 amide bonds. The average molecular weight is 1050 g/mol. The van der Waals surface area contributed by atoms with Crippen molar-refractivity contribution in [2.45, 2.75) is 315 Å². The van der Waals surface area contributed by atoms with Crippen molar-refractivity contribution in [2.75, 3.05) is 40.9 Å². The molecule has 0 aromatic rings. The largest absolute Gasteiger partial charge is 0.472 e. The van der Waals surface area contributed by atoms with Gasteiger partial charge in [-0.05, 0) is 63.9 Å². The normalized spacial score (nSPS) is 13.9. The minimum Gasteiger partial charge on any atom is -0.456 e. The molecule has 0 radical (unpaired) electrons. The Morgan fingerprint density at radius 2 is 0.836 bits per heavy atom. The molecule has 0 aromatic carbocycles. The number of rotatable bonds is 57. The lowest BCUT2D eigenvalue weighted by Crippen LogP contribution is -2.47. The van der Waals surface area contributed by atoms with Crippen LogP contribution in [0.15, 0.2) is 36.5 Å². The number of hydrogen-bond donors (Lipinski definition) is 2. The van der Waals surface area contributed by atoms with Crippen molar-refractivity contribution in [1.82, 2.24) is 5.32 Å². The zero-order chi connectivity index (χ0) is 53.6. The van der Waals surface area contributed by atoms with E-state index < -0.39 is 20.0 Å². The van der Waals surface area contributed by atoms with Crippen molar-refractivity contribution in [2.24, 2.45) is 0 Å². The third kappa shape index (κ3) is 54.8. The number of amides is 1. The van der Waals surface area contributed by atoms with Crippen molar-refractivity contribution in [3.8, 4) is 0 Å². The van der Waals surface area contributed by atoms with E-state index >= 15 is 0 Å². The molecule has 10 heteroatoms. The Balaban J connectivity index is 5.09. The molecule has 0 saturated carbocycles. The Morgan fingerprint density at radius 1 is 0.479 bits per heavy atom. The summed E-state index contributed by atoms with van der Waals surface area (Å²) in [5, 5.41) is 3.06. The van der Waals surface area contributed by atoms with Gasteiger partial charge in [0.1, 0.15) is 19.3 Å². The number of phosphoric ester groups is 1. The van der Waals surface area contributed by atoms with Gasteiger partial charge in [0.2, 0.25) is 5.91 Å². The van der Waals surface area contributed by atoms with Gasteiger partial charge in [-0.2, -0.15) is 0 Å². The SMILES string of the molecule is CCCCC/C=C\C/C=C\CCCCCCCCCCCCCCCC(=O)OC(/C=C/CCCCCCCCCCC)C(COP(=O)(O)OCC[N+](C)(C)C)NC(=O)CCCCCCCCCCCCCCC. The van der Waals surface area contributed by atoms with Gasteiger partial charge in [-0.3, -0.25) is 18.6 Å². The van der Waals surface area contributed by atoms with Crippen LogP contribution in [0.2, 0.25) is 0 Å². The van der Waals surface area contributed by atoms with Crippen LogP contribution in [-0.2, 0) is 27.9 Å². The maximum Gasteiger partial charge on any atom is 0.472 e. The zero-order valence-electron chi connectivity index (χ0n) is 49.1. The second-order valence-electron chi connectivity index (χ2n) is 22.6. The Morgan fingerprint density at radius 3 is 1.26 bits per heavy atom. The van der Waals surface area contributed by atoms with Gasteiger partial charge >= 0.3 is 13.8 Å². The first-order valence-electron chi connectivity index (χ1n) is 31.3. The van der Waals surface area contributed by atoms with Crippen LogP contribution in [0.25, 0.3) is 0 Å². The van der Waals surface area contributed by atoms with Gasteiger partial charge < -0.3 is 19.4 Å². The molecule has 0 aliphatic heterocycles. The van der Waals surface area contributed by atoms with E-state index in [4.69, 9.17) is 13.8 Å². The van der Waals surface area contributed by atoms with Crippen LogP contribution in [0.3, 0.4) is 0 Å². The summed E-state index contributed by atoms with van der Waals surface area (Å²) in [4.78, 5) is 37.6. The van der Waals surface area contributed by atoms with E-state index in [0.717, 1.165) is 64.2 Å². The Labute approximate surface area is 453 Å². The van der Waals surface area contributed by atoms with Crippen LogP contribution in [-0.4, -0.2) is 74.3 Å². The second-order valence-corrected chi connectivity index (χ2v) is 24.0. The monoisotopic (exact) mass is 1050 g/mol. The van der Waals surface area contributed by atoms with Crippen LogP contribution < -0.4 is 5.32 Å². The van der Waals surface area contributed by atoms with Gasteiger partial charge in [-0.1, -0.05) is 263 Å². The molecular formula is C63H122N2O7P+. The smallest absolute Gasteiger partial charge is 0.456 e. The maximum absolute atomic E-state index is 13.5. The first kappa shape index (κ1) is 71.2. The van der Waals surface area contributed by atoms with Crippen LogP contribution in [0.4, 0.5) is 0 Å². The average Bonchev–Trinajstić information content (AvgIpc) is 3.35. The van der Waals surface area contributed by atoms with Crippen molar-refractivity contribution in [3.05, 3.63) is 36.5 Å². The van der Waals surface area contributed by atoms with Crippen molar-refractivity contribution < 1.29 is 37.3 Å². The molecule has 0 saturated heterocycles. The Kier molecular flexibility index (Phi) is 52.3. The fourth-order valence-electron chi connectivity index (χ4n) is 9.21. The van der Waals surface area contributed by atoms with Crippen molar-refractivity contribution in [1.29, 1.82) is 0 Å². The fourth-order valence-corrected chi connectivity index (χ4v) is 9.94. The van der Waals surface area contributed by atoms with Gasteiger partial charge in [-0.25, -0.2) is 4.57 Å². The summed E-state index contributed by atoms with van der Waals surface area (Å²) in [5.41, 5.74) is 0. The number of phosphoric acid groups is 1. The minimum atomic E-state index is -4.44. The molecule has 0 aliphatic carbocycles. The van der Waals surface area contributed by atoms with Gasteiger partial charge in [0, 0.05) is 12.8 Å². The van der Waals surface area contributed by atoms with E-state index in [9.17, 15) is 19.0 Å². The lowest BCUT2D eigenvalue weighted by Gasteiger charge is -2.27. The lowest BCUT2D eigenvalue weighted by atomic mass is 10.0. The number of nitrogens with zero attached hydrogens (tertiary/aromatic N) is 1. The molecule has 0 heterocycles. The molecule has 3 atom stereocenters. The topological polar surface area (TPSA) is 111 Å². The summed E-state index contributed by atoms with van der Waals surface area (Å²) in [7, 11) is 1.51. The molecule has 430 valence electrons. The van der Waals surface area contributed by atoms with E-state index in [-0.39, 0.29) is 25.1 Å². The number of carbonyl (C=O) groups excluding carboxylic acids is 2. The molecule has 0 rings (SSSR count). The predicted octanol–water partition coefficient (Wildman–Crippen LogP) is 19.1. The van der Waals surface area contributed by atoms with Crippen molar-refractivity contribution in [3.63, 3.8) is 0 Å². The summed E-state index contributed by atoms with van der Waals surface area (Å²) >= 11 is 0. The molecular weight excluding hydrogens is 928 g/mol. The number of likely N-dealkylation sites (N-methyl/N-ethyl adjacent to an activating group) is 1. The molecule has 2 N–H and O–H groups in total. The highest BCUT2D eigenvalue weighted by atomic mass is 31.2. The Hall–Kier alpha value is -1.77. The molecule has 9 nitrogen and oxygen atoms in total. The number of hydrogen-bond acceptors (Lipinski definition) is 6. The maximum atomic E-state index is 13.5. The summed E-state index contributed by atoms with van der Waals surface area (Å²) in [6.07, 6.45) is 64.3. The minimum absolute atomic E-state index is 0.0428. The van der Waals surface area contributed by atoms with E-state index in [2.05, 4.69) is 50.4 Å². The Bertz CT molecular complexity index is 1350. The summed E-state index contributed by atoms with van der Waals surface area (Å²) in [6.45, 7) is 7.01. The lowest BCUT2D eigenvalue weighted by molar-refractivity contribution is -0.870. The molecule has 0 bridgehead atoms. The number of allylic oxidation sites excluding steroid dienone is 5. The van der Waals surface area contributed by atoms with Crippen LogP contribution >= 0.6 is 7.82 Å². The molecule has 0 aromatic heterocycles. The van der Waals surface area contributed by atoms with Crippen LogP contribution in [0.1, 0.15) is 303 Å². The second kappa shape index (κ2) is 53.6. The first-order chi connectivity index (χ1) is 35.4. The number of quaternary nitrogens is 1. The third-order valence-electron chi connectivity index (χ3n) is 14.1.